The van der Waals surface area contributed by atoms with Crippen molar-refractivity contribution in [3.8, 4) is 11.3 Å². The summed E-state index contributed by atoms with van der Waals surface area (Å²) in [6, 6.07) is 9.22. The molecule has 2 atom stereocenters. The smallest absolute Gasteiger partial charge is 0.182 e. The Morgan fingerprint density at radius 1 is 0.939 bits per heavy atom. The summed E-state index contributed by atoms with van der Waals surface area (Å²) in [5.41, 5.74) is 6.44. The Balaban J connectivity index is 1.62. The van der Waals surface area contributed by atoms with Crippen molar-refractivity contribution in [3.63, 3.8) is 0 Å². The molecule has 4 aromatic rings. The molecule has 5 rings (SSSR count). The number of aromatic nitrogens is 5. The number of nitrogens with zero attached hydrogens (tertiary/aromatic N) is 5. The highest BCUT2D eigenvalue weighted by Crippen LogP contribution is 2.38. The molecule has 0 radical (unpaired) electrons. The summed E-state index contributed by atoms with van der Waals surface area (Å²) in [6.07, 6.45) is 3.28. The first kappa shape index (κ1) is 21.5. The first-order valence-electron chi connectivity index (χ1n) is 11.2. The van der Waals surface area contributed by atoms with Crippen LogP contribution in [0.4, 0.5) is 4.39 Å². The number of ether oxygens (including phenoxy) is 1. The van der Waals surface area contributed by atoms with E-state index in [4.69, 9.17) is 14.7 Å². The molecule has 0 N–H and O–H groups in total. The molecule has 168 valence electrons. The van der Waals surface area contributed by atoms with Crippen molar-refractivity contribution in [1.29, 1.82) is 0 Å². The van der Waals surface area contributed by atoms with Gasteiger partial charge in [0.05, 0.1) is 17.5 Å². The fourth-order valence-electron chi connectivity index (χ4n) is 4.34. The summed E-state index contributed by atoms with van der Waals surface area (Å²) >= 11 is 0. The molecule has 0 bridgehead atoms. The summed E-state index contributed by atoms with van der Waals surface area (Å²) in [5.74, 6) is 0.407. The van der Waals surface area contributed by atoms with Crippen molar-refractivity contribution in [2.24, 2.45) is 0 Å². The minimum Gasteiger partial charge on any atom is -0.373 e. The lowest BCUT2D eigenvalue weighted by atomic mass is 9.91. The zero-order valence-corrected chi connectivity index (χ0v) is 19.3. The van der Waals surface area contributed by atoms with Gasteiger partial charge in [-0.05, 0) is 75.9 Å². The van der Waals surface area contributed by atoms with Crippen LogP contribution in [0.15, 0.2) is 36.5 Å². The lowest BCUT2D eigenvalue weighted by molar-refractivity contribution is 0.00393. The van der Waals surface area contributed by atoms with Gasteiger partial charge in [-0.2, -0.15) is 0 Å². The number of fused-ring (bicyclic) bond motifs is 1. The third kappa shape index (κ3) is 4.20. The first-order valence-corrected chi connectivity index (χ1v) is 11.2. The van der Waals surface area contributed by atoms with Gasteiger partial charge in [-0.3, -0.25) is 4.98 Å². The minimum absolute atomic E-state index is 0.0600. The number of hydrogen-bond donors (Lipinski definition) is 0. The summed E-state index contributed by atoms with van der Waals surface area (Å²) in [7, 11) is 0. The fraction of sp³-hybridized carbons (Fsp3) is 0.346. The maximum atomic E-state index is 15.0. The van der Waals surface area contributed by atoms with E-state index in [9.17, 15) is 0 Å². The lowest BCUT2D eigenvalue weighted by Gasteiger charge is -2.29. The molecule has 3 aromatic heterocycles. The second-order valence-corrected chi connectivity index (χ2v) is 8.79. The van der Waals surface area contributed by atoms with Crippen LogP contribution in [0, 0.1) is 33.5 Å². The number of benzene rings is 1. The third-order valence-corrected chi connectivity index (χ3v) is 6.28. The Morgan fingerprint density at radius 3 is 2.55 bits per heavy atom. The molecule has 0 amide bonds. The van der Waals surface area contributed by atoms with E-state index in [0.717, 1.165) is 41.1 Å². The van der Waals surface area contributed by atoms with Crippen LogP contribution in [0.3, 0.4) is 0 Å². The van der Waals surface area contributed by atoms with E-state index in [0.29, 0.717) is 34.9 Å². The van der Waals surface area contributed by atoms with Gasteiger partial charge in [-0.25, -0.2) is 24.3 Å². The number of pyridine rings is 1. The van der Waals surface area contributed by atoms with Gasteiger partial charge in [0.25, 0.3) is 0 Å². The van der Waals surface area contributed by atoms with Gasteiger partial charge in [0, 0.05) is 30.0 Å². The Kier molecular flexibility index (Phi) is 5.58. The first-order chi connectivity index (χ1) is 15.9. The van der Waals surface area contributed by atoms with Crippen molar-refractivity contribution in [1.82, 2.24) is 24.9 Å². The van der Waals surface area contributed by atoms with Gasteiger partial charge >= 0.3 is 0 Å². The average Bonchev–Trinajstić information content (AvgIpc) is 2.80. The minimum atomic E-state index is -0.321. The highest BCUT2D eigenvalue weighted by molar-refractivity contribution is 5.87. The molecular formula is C26H26FN5O. The van der Waals surface area contributed by atoms with Gasteiger partial charge in [-0.15, -0.1) is 0 Å². The van der Waals surface area contributed by atoms with Crippen LogP contribution in [-0.4, -0.2) is 31.5 Å². The van der Waals surface area contributed by atoms with Crippen LogP contribution in [0.1, 0.15) is 58.9 Å². The summed E-state index contributed by atoms with van der Waals surface area (Å²) in [4.78, 5) is 23.3. The van der Waals surface area contributed by atoms with Crippen LogP contribution in [0.25, 0.3) is 22.4 Å². The molecule has 1 fully saturated rings. The molecule has 0 aliphatic carbocycles. The second-order valence-electron chi connectivity index (χ2n) is 8.79. The number of hydrogen-bond acceptors (Lipinski definition) is 6. The normalized spacial score (nSPS) is 18.6. The van der Waals surface area contributed by atoms with E-state index in [1.807, 2.05) is 46.0 Å². The summed E-state index contributed by atoms with van der Waals surface area (Å²) in [5, 5.41) is 0. The Bertz CT molecular complexity index is 1360. The van der Waals surface area contributed by atoms with E-state index in [1.54, 1.807) is 6.07 Å². The zero-order chi connectivity index (χ0) is 23.1. The van der Waals surface area contributed by atoms with Crippen molar-refractivity contribution < 1.29 is 9.13 Å². The molecular weight excluding hydrogens is 417 g/mol. The van der Waals surface area contributed by atoms with Crippen molar-refractivity contribution in [3.05, 3.63) is 76.4 Å². The molecule has 1 aliphatic heterocycles. The standard InChI is InChI=1S/C26H26FN5O/c1-14-5-6-20(21(27)11-14)23-24-26(30-17(4)16(3)29-24)32-25(31-23)19-8-10-33-22(13-19)18-7-9-28-15(2)12-18/h5-7,9,11-12,19,22H,8,10,13H2,1-4H3. The van der Waals surface area contributed by atoms with E-state index < -0.39 is 0 Å². The molecule has 6 nitrogen and oxygen atoms in total. The molecule has 7 heteroatoms. The van der Waals surface area contributed by atoms with E-state index >= 15 is 4.39 Å². The van der Waals surface area contributed by atoms with Crippen LogP contribution in [-0.2, 0) is 4.74 Å². The Labute approximate surface area is 192 Å². The molecule has 4 heterocycles. The predicted molar refractivity (Wildman–Crippen MR) is 124 cm³/mol. The topological polar surface area (TPSA) is 73.7 Å². The van der Waals surface area contributed by atoms with Crippen molar-refractivity contribution >= 4 is 11.2 Å². The van der Waals surface area contributed by atoms with E-state index in [1.165, 1.54) is 6.07 Å². The van der Waals surface area contributed by atoms with Gasteiger partial charge in [-0.1, -0.05) is 6.07 Å². The summed E-state index contributed by atoms with van der Waals surface area (Å²) in [6.45, 7) is 8.25. The predicted octanol–water partition coefficient (Wildman–Crippen LogP) is 5.49. The van der Waals surface area contributed by atoms with E-state index in [-0.39, 0.29) is 17.8 Å². The molecule has 33 heavy (non-hydrogen) atoms. The largest absolute Gasteiger partial charge is 0.373 e. The molecule has 1 aliphatic rings. The molecule has 0 saturated carbocycles. The van der Waals surface area contributed by atoms with Gasteiger partial charge in [0.1, 0.15) is 22.9 Å². The molecule has 2 unspecified atom stereocenters. The quantitative estimate of drug-likeness (QED) is 0.417. The van der Waals surface area contributed by atoms with Gasteiger partial charge < -0.3 is 4.74 Å². The summed E-state index contributed by atoms with van der Waals surface area (Å²) < 4.78 is 21.1. The average molecular weight is 444 g/mol. The van der Waals surface area contributed by atoms with Crippen LogP contribution in [0.2, 0.25) is 0 Å². The second kappa shape index (κ2) is 8.56. The van der Waals surface area contributed by atoms with E-state index in [2.05, 4.69) is 21.0 Å². The SMILES string of the molecule is Cc1ccc(-c2nc(C3CCOC(c4ccnc(C)c4)C3)nc3nc(C)c(C)nc23)c(F)c1. The maximum Gasteiger partial charge on any atom is 0.182 e. The lowest BCUT2D eigenvalue weighted by Crippen LogP contribution is -2.21. The van der Waals surface area contributed by atoms with Gasteiger partial charge in [0.15, 0.2) is 5.65 Å². The van der Waals surface area contributed by atoms with Crippen molar-refractivity contribution in [2.75, 3.05) is 6.61 Å². The maximum absolute atomic E-state index is 15.0. The Morgan fingerprint density at radius 2 is 1.76 bits per heavy atom. The van der Waals surface area contributed by atoms with Crippen LogP contribution >= 0.6 is 0 Å². The molecule has 1 saturated heterocycles. The number of aryl methyl sites for hydroxylation is 4. The number of rotatable bonds is 3. The van der Waals surface area contributed by atoms with Crippen molar-refractivity contribution in [2.45, 2.75) is 52.6 Å². The van der Waals surface area contributed by atoms with Gasteiger partial charge in [0.2, 0.25) is 0 Å². The monoisotopic (exact) mass is 443 g/mol. The zero-order valence-electron chi connectivity index (χ0n) is 19.3. The highest BCUT2D eigenvalue weighted by atomic mass is 19.1. The van der Waals surface area contributed by atoms with Crippen LogP contribution < -0.4 is 0 Å². The third-order valence-electron chi connectivity index (χ3n) is 6.28. The van der Waals surface area contributed by atoms with Crippen LogP contribution in [0.5, 0.6) is 0 Å². The molecule has 0 spiro atoms. The number of halogens is 1. The molecule has 1 aromatic carbocycles. The highest BCUT2D eigenvalue weighted by Gasteiger charge is 2.29. The fourth-order valence-corrected chi connectivity index (χ4v) is 4.34. The Hall–Kier alpha value is -3.32.